The zero-order chi connectivity index (χ0) is 14.8. The van der Waals surface area contributed by atoms with E-state index < -0.39 is 5.91 Å². The Balaban J connectivity index is 2.04. The summed E-state index contributed by atoms with van der Waals surface area (Å²) in [5.41, 5.74) is 6.89. The second kappa shape index (κ2) is 5.69. The van der Waals surface area contributed by atoms with Crippen molar-refractivity contribution < 1.29 is 4.79 Å². The molecule has 0 radical (unpaired) electrons. The summed E-state index contributed by atoms with van der Waals surface area (Å²) in [4.78, 5) is 18.7. The number of amides is 1. The lowest BCUT2D eigenvalue weighted by Crippen LogP contribution is -2.44. The Labute approximate surface area is 124 Å². The van der Waals surface area contributed by atoms with Crippen LogP contribution in [0.5, 0.6) is 0 Å². The first kappa shape index (κ1) is 13.8. The first-order valence-electron chi connectivity index (χ1n) is 7.31. The van der Waals surface area contributed by atoms with Gasteiger partial charge in [-0.05, 0) is 32.0 Å². The van der Waals surface area contributed by atoms with Gasteiger partial charge in [-0.15, -0.1) is 0 Å². The molecule has 21 heavy (non-hydrogen) atoms. The Hall–Kier alpha value is -2.14. The predicted molar refractivity (Wildman–Crippen MR) is 84.6 cm³/mol. The molecule has 1 amide bonds. The number of para-hydroxylation sites is 1. The van der Waals surface area contributed by atoms with Crippen molar-refractivity contribution in [1.82, 2.24) is 10.3 Å². The van der Waals surface area contributed by atoms with Crippen LogP contribution in [0.1, 0.15) is 23.2 Å². The third-order valence-electron chi connectivity index (χ3n) is 4.12. The number of nitrogens with two attached hydrogens (primary N) is 1. The maximum atomic E-state index is 11.7. The molecule has 0 aliphatic carbocycles. The standard InChI is InChI=1S/C16H20N4O/c1-18-11-5-4-8-20(10-11)15-9-13(16(17)21)12-6-2-3-7-14(12)19-15/h2-3,6-7,9,11,18H,4-5,8,10H2,1H3,(H2,17,21). The van der Waals surface area contributed by atoms with E-state index in [0.717, 1.165) is 36.2 Å². The van der Waals surface area contributed by atoms with Gasteiger partial charge in [0.2, 0.25) is 5.91 Å². The van der Waals surface area contributed by atoms with Gasteiger partial charge in [0.05, 0.1) is 11.1 Å². The van der Waals surface area contributed by atoms with Crippen molar-refractivity contribution >= 4 is 22.6 Å². The van der Waals surface area contributed by atoms with Crippen molar-refractivity contribution in [2.24, 2.45) is 5.73 Å². The molecule has 1 fully saturated rings. The van der Waals surface area contributed by atoms with E-state index in [9.17, 15) is 4.79 Å². The third kappa shape index (κ3) is 2.69. The SMILES string of the molecule is CNC1CCCN(c2cc(C(N)=O)c3ccccc3n2)C1. The number of benzene rings is 1. The average molecular weight is 284 g/mol. The zero-order valence-corrected chi connectivity index (χ0v) is 12.2. The minimum absolute atomic E-state index is 0.406. The number of pyridine rings is 1. The fraction of sp³-hybridized carbons (Fsp3) is 0.375. The summed E-state index contributed by atoms with van der Waals surface area (Å²) < 4.78 is 0. The van der Waals surface area contributed by atoms with Crippen molar-refractivity contribution in [2.75, 3.05) is 25.0 Å². The van der Waals surface area contributed by atoms with Gasteiger partial charge < -0.3 is 16.0 Å². The molecule has 1 aliphatic rings. The largest absolute Gasteiger partial charge is 0.366 e. The molecular weight excluding hydrogens is 264 g/mol. The maximum absolute atomic E-state index is 11.7. The van der Waals surface area contributed by atoms with Crippen LogP contribution >= 0.6 is 0 Å². The van der Waals surface area contributed by atoms with Crippen molar-refractivity contribution in [3.05, 3.63) is 35.9 Å². The van der Waals surface area contributed by atoms with E-state index >= 15 is 0 Å². The molecule has 3 rings (SSSR count). The van der Waals surface area contributed by atoms with Gasteiger partial charge in [-0.3, -0.25) is 4.79 Å². The molecule has 3 N–H and O–H groups in total. The molecule has 0 spiro atoms. The first-order chi connectivity index (χ1) is 10.2. The summed E-state index contributed by atoms with van der Waals surface area (Å²) >= 11 is 0. The van der Waals surface area contributed by atoms with E-state index in [1.807, 2.05) is 37.4 Å². The normalized spacial score (nSPS) is 18.9. The van der Waals surface area contributed by atoms with Crippen LogP contribution in [0.4, 0.5) is 5.82 Å². The van der Waals surface area contributed by atoms with Gasteiger partial charge in [0.25, 0.3) is 0 Å². The number of rotatable bonds is 3. The molecule has 2 heterocycles. The zero-order valence-electron chi connectivity index (χ0n) is 12.2. The number of piperidine rings is 1. The highest BCUT2D eigenvalue weighted by Crippen LogP contribution is 2.25. The quantitative estimate of drug-likeness (QED) is 0.896. The van der Waals surface area contributed by atoms with E-state index in [1.54, 1.807) is 0 Å². The molecular formula is C16H20N4O. The van der Waals surface area contributed by atoms with Gasteiger partial charge in [0.15, 0.2) is 0 Å². The van der Waals surface area contributed by atoms with E-state index in [1.165, 1.54) is 6.42 Å². The fourth-order valence-electron chi connectivity index (χ4n) is 2.95. The molecule has 0 bridgehead atoms. The summed E-state index contributed by atoms with van der Waals surface area (Å²) in [5.74, 6) is 0.430. The molecule has 1 aromatic carbocycles. The van der Waals surface area contributed by atoms with Crippen LogP contribution in [0.2, 0.25) is 0 Å². The molecule has 1 unspecified atom stereocenters. The summed E-state index contributed by atoms with van der Waals surface area (Å²) in [6.07, 6.45) is 2.29. The average Bonchev–Trinajstić information content (AvgIpc) is 2.53. The molecule has 5 nitrogen and oxygen atoms in total. The Morgan fingerprint density at radius 1 is 1.43 bits per heavy atom. The molecule has 0 saturated carbocycles. The Kier molecular flexibility index (Phi) is 3.75. The number of aromatic nitrogens is 1. The van der Waals surface area contributed by atoms with Gasteiger partial charge in [0, 0.05) is 24.5 Å². The van der Waals surface area contributed by atoms with Gasteiger partial charge in [-0.1, -0.05) is 18.2 Å². The second-order valence-corrected chi connectivity index (χ2v) is 5.48. The van der Waals surface area contributed by atoms with Crippen molar-refractivity contribution in [2.45, 2.75) is 18.9 Å². The lowest BCUT2D eigenvalue weighted by molar-refractivity contribution is 0.100. The summed E-state index contributed by atoms with van der Waals surface area (Å²) in [6.45, 7) is 1.86. The van der Waals surface area contributed by atoms with Crippen LogP contribution in [0.3, 0.4) is 0 Å². The van der Waals surface area contributed by atoms with Gasteiger partial charge in [0.1, 0.15) is 5.82 Å². The number of hydrogen-bond acceptors (Lipinski definition) is 4. The number of carbonyl (C=O) groups is 1. The third-order valence-corrected chi connectivity index (χ3v) is 4.12. The van der Waals surface area contributed by atoms with Crippen molar-refractivity contribution in [3.63, 3.8) is 0 Å². The summed E-state index contributed by atoms with van der Waals surface area (Å²) in [6, 6.07) is 9.92. The van der Waals surface area contributed by atoms with E-state index in [4.69, 9.17) is 10.7 Å². The lowest BCUT2D eigenvalue weighted by atomic mass is 10.0. The lowest BCUT2D eigenvalue weighted by Gasteiger charge is -2.33. The minimum atomic E-state index is -0.406. The number of nitrogens with one attached hydrogen (secondary N) is 1. The smallest absolute Gasteiger partial charge is 0.249 e. The fourth-order valence-corrected chi connectivity index (χ4v) is 2.95. The van der Waals surface area contributed by atoms with E-state index in [0.29, 0.717) is 11.6 Å². The maximum Gasteiger partial charge on any atom is 0.249 e. The molecule has 1 aromatic heterocycles. The van der Waals surface area contributed by atoms with E-state index in [2.05, 4.69) is 10.2 Å². The summed E-state index contributed by atoms with van der Waals surface area (Å²) in [7, 11) is 1.98. The summed E-state index contributed by atoms with van der Waals surface area (Å²) in [5, 5.41) is 4.13. The topological polar surface area (TPSA) is 71.2 Å². The highest BCUT2D eigenvalue weighted by molar-refractivity contribution is 6.06. The molecule has 1 saturated heterocycles. The van der Waals surface area contributed by atoms with Gasteiger partial charge >= 0.3 is 0 Å². The number of hydrogen-bond donors (Lipinski definition) is 2. The number of likely N-dealkylation sites (N-methyl/N-ethyl adjacent to an activating group) is 1. The Bertz CT molecular complexity index is 670. The number of carbonyl (C=O) groups excluding carboxylic acids is 1. The van der Waals surface area contributed by atoms with Crippen LogP contribution in [0.25, 0.3) is 10.9 Å². The number of nitrogens with zero attached hydrogens (tertiary/aromatic N) is 2. The van der Waals surface area contributed by atoms with Crippen LogP contribution in [0, 0.1) is 0 Å². The number of fused-ring (bicyclic) bond motifs is 1. The molecule has 2 aromatic rings. The molecule has 1 atom stereocenters. The Morgan fingerprint density at radius 2 is 2.24 bits per heavy atom. The molecule has 1 aliphatic heterocycles. The monoisotopic (exact) mass is 284 g/mol. The van der Waals surface area contributed by atoms with Crippen LogP contribution in [-0.4, -0.2) is 37.1 Å². The number of anilines is 1. The van der Waals surface area contributed by atoms with Crippen LogP contribution in [-0.2, 0) is 0 Å². The molecule has 110 valence electrons. The van der Waals surface area contributed by atoms with Gasteiger partial charge in [-0.2, -0.15) is 0 Å². The van der Waals surface area contributed by atoms with Gasteiger partial charge in [-0.25, -0.2) is 4.98 Å². The Morgan fingerprint density at radius 3 is 3.00 bits per heavy atom. The highest BCUT2D eigenvalue weighted by Gasteiger charge is 2.21. The first-order valence-corrected chi connectivity index (χ1v) is 7.31. The van der Waals surface area contributed by atoms with E-state index in [-0.39, 0.29) is 0 Å². The molecule has 5 heteroatoms. The highest BCUT2D eigenvalue weighted by atomic mass is 16.1. The van der Waals surface area contributed by atoms with Crippen molar-refractivity contribution in [3.8, 4) is 0 Å². The predicted octanol–water partition coefficient (Wildman–Crippen LogP) is 1.52. The second-order valence-electron chi connectivity index (χ2n) is 5.48. The van der Waals surface area contributed by atoms with Crippen LogP contribution < -0.4 is 16.0 Å². The van der Waals surface area contributed by atoms with Crippen LogP contribution in [0.15, 0.2) is 30.3 Å². The number of primary amides is 1. The van der Waals surface area contributed by atoms with Crippen molar-refractivity contribution in [1.29, 1.82) is 0 Å². The minimum Gasteiger partial charge on any atom is -0.366 e.